The van der Waals surface area contributed by atoms with E-state index in [2.05, 4.69) is 35.2 Å². The molecule has 1 aliphatic heterocycles. The van der Waals surface area contributed by atoms with Gasteiger partial charge in [-0.1, -0.05) is 48.5 Å². The molecule has 0 bridgehead atoms. The van der Waals surface area contributed by atoms with Crippen LogP contribution < -0.4 is 0 Å². The summed E-state index contributed by atoms with van der Waals surface area (Å²) >= 11 is 0. The Bertz CT molecular complexity index is 578. The monoisotopic (exact) mass is 287 g/mol. The summed E-state index contributed by atoms with van der Waals surface area (Å²) in [6.45, 7) is 2.95. The summed E-state index contributed by atoms with van der Waals surface area (Å²) in [5.41, 5.74) is 3.90. The minimum Gasteiger partial charge on any atom is -0.508 e. The molecule has 0 saturated carbocycles. The van der Waals surface area contributed by atoms with Crippen LogP contribution in [0.25, 0.3) is 5.57 Å². The number of rotatable bonds is 3. The molecule has 20 heavy (non-hydrogen) atoms. The second kappa shape index (κ2) is 6.60. The van der Waals surface area contributed by atoms with Gasteiger partial charge in [-0.2, -0.15) is 0 Å². The molecule has 0 saturated heterocycles. The van der Waals surface area contributed by atoms with Crippen LogP contribution >= 0.6 is 12.4 Å². The molecule has 2 aromatic carbocycles. The van der Waals surface area contributed by atoms with Crippen molar-refractivity contribution in [3.8, 4) is 5.75 Å². The molecule has 0 aromatic heterocycles. The van der Waals surface area contributed by atoms with Crippen LogP contribution in [-0.2, 0) is 6.54 Å². The second-order valence-electron chi connectivity index (χ2n) is 4.93. The number of halogens is 1. The third-order valence-corrected chi connectivity index (χ3v) is 3.48. The van der Waals surface area contributed by atoms with Crippen LogP contribution in [0.5, 0.6) is 5.75 Å². The van der Waals surface area contributed by atoms with Crippen molar-refractivity contribution in [2.24, 2.45) is 0 Å². The van der Waals surface area contributed by atoms with Crippen molar-refractivity contribution in [3.63, 3.8) is 0 Å². The highest BCUT2D eigenvalue weighted by molar-refractivity contribution is 5.85. The summed E-state index contributed by atoms with van der Waals surface area (Å²) in [6, 6.07) is 18.0. The molecule has 0 atom stereocenters. The number of phenolic OH excluding ortho intramolecular Hbond substituents is 1. The molecular weight excluding hydrogens is 270 g/mol. The number of benzene rings is 2. The summed E-state index contributed by atoms with van der Waals surface area (Å²) in [7, 11) is 0. The Hall–Kier alpha value is -1.77. The third kappa shape index (κ3) is 3.41. The van der Waals surface area contributed by atoms with E-state index in [1.54, 1.807) is 12.1 Å². The van der Waals surface area contributed by atoms with Crippen LogP contribution in [-0.4, -0.2) is 23.1 Å². The van der Waals surface area contributed by atoms with Gasteiger partial charge in [0, 0.05) is 19.6 Å². The molecule has 0 fully saturated rings. The molecule has 0 unspecified atom stereocenters. The van der Waals surface area contributed by atoms with E-state index in [1.807, 2.05) is 18.2 Å². The molecule has 0 radical (unpaired) electrons. The summed E-state index contributed by atoms with van der Waals surface area (Å²) in [5, 5.41) is 9.32. The van der Waals surface area contributed by atoms with E-state index in [9.17, 15) is 5.11 Å². The molecule has 0 amide bonds. The molecule has 1 aliphatic rings. The minimum atomic E-state index is 0. The Morgan fingerprint density at radius 1 is 0.950 bits per heavy atom. The Morgan fingerprint density at radius 3 is 2.35 bits per heavy atom. The summed E-state index contributed by atoms with van der Waals surface area (Å²) in [6.07, 6.45) is 2.27. The van der Waals surface area contributed by atoms with Gasteiger partial charge in [-0.25, -0.2) is 0 Å². The number of hydrogen-bond acceptors (Lipinski definition) is 2. The predicted molar refractivity (Wildman–Crippen MR) is 85.1 cm³/mol. The number of aromatic hydroxyl groups is 1. The van der Waals surface area contributed by atoms with E-state index in [1.165, 1.54) is 16.7 Å². The first-order valence-electron chi connectivity index (χ1n) is 6.56. The topological polar surface area (TPSA) is 23.5 Å². The van der Waals surface area contributed by atoms with Crippen molar-refractivity contribution in [2.75, 3.05) is 13.1 Å². The van der Waals surface area contributed by atoms with Gasteiger partial charge in [0.15, 0.2) is 0 Å². The normalized spacial score (nSPS) is 14.7. The smallest absolute Gasteiger partial charge is 0.115 e. The van der Waals surface area contributed by atoms with Crippen molar-refractivity contribution < 1.29 is 5.11 Å². The van der Waals surface area contributed by atoms with Gasteiger partial charge < -0.3 is 5.11 Å². The fourth-order valence-electron chi connectivity index (χ4n) is 2.46. The molecular formula is C17H18ClNO. The molecule has 0 aliphatic carbocycles. The molecule has 2 aromatic rings. The maximum Gasteiger partial charge on any atom is 0.115 e. The Kier molecular flexibility index (Phi) is 4.83. The maximum absolute atomic E-state index is 9.32. The van der Waals surface area contributed by atoms with Crippen molar-refractivity contribution in [2.45, 2.75) is 6.54 Å². The largest absolute Gasteiger partial charge is 0.508 e. The lowest BCUT2D eigenvalue weighted by Crippen LogP contribution is -2.19. The average molecular weight is 288 g/mol. The molecule has 104 valence electrons. The third-order valence-electron chi connectivity index (χ3n) is 3.48. The summed E-state index contributed by atoms with van der Waals surface area (Å²) < 4.78 is 0. The lowest BCUT2D eigenvalue weighted by Gasteiger charge is -2.16. The SMILES string of the molecule is Cl.Oc1ccc(C2=CCN(Cc3ccccc3)C2)cc1. The molecule has 0 spiro atoms. The van der Waals surface area contributed by atoms with E-state index < -0.39 is 0 Å². The van der Waals surface area contributed by atoms with Crippen molar-refractivity contribution in [3.05, 3.63) is 71.8 Å². The first-order valence-corrected chi connectivity index (χ1v) is 6.56. The van der Waals surface area contributed by atoms with Gasteiger partial charge >= 0.3 is 0 Å². The van der Waals surface area contributed by atoms with Gasteiger partial charge in [-0.15, -0.1) is 12.4 Å². The van der Waals surface area contributed by atoms with Crippen LogP contribution in [0.1, 0.15) is 11.1 Å². The van der Waals surface area contributed by atoms with Gasteiger partial charge in [-0.3, -0.25) is 4.90 Å². The minimum absolute atomic E-state index is 0. The quantitative estimate of drug-likeness (QED) is 0.930. The highest BCUT2D eigenvalue weighted by Gasteiger charge is 2.15. The molecule has 1 N–H and O–H groups in total. The summed E-state index contributed by atoms with van der Waals surface area (Å²) in [5.74, 6) is 0.323. The van der Waals surface area contributed by atoms with Crippen LogP contribution in [0.4, 0.5) is 0 Å². The maximum atomic E-state index is 9.32. The van der Waals surface area contributed by atoms with E-state index in [4.69, 9.17) is 0 Å². The highest BCUT2D eigenvalue weighted by Crippen LogP contribution is 2.23. The van der Waals surface area contributed by atoms with Crippen molar-refractivity contribution in [1.29, 1.82) is 0 Å². The Balaban J connectivity index is 0.00000147. The van der Waals surface area contributed by atoms with Gasteiger partial charge in [0.05, 0.1) is 0 Å². The van der Waals surface area contributed by atoms with Crippen molar-refractivity contribution in [1.82, 2.24) is 4.90 Å². The van der Waals surface area contributed by atoms with Crippen LogP contribution in [0.2, 0.25) is 0 Å². The van der Waals surface area contributed by atoms with Crippen LogP contribution in [0.3, 0.4) is 0 Å². The molecule has 3 heteroatoms. The molecule has 3 rings (SSSR count). The van der Waals surface area contributed by atoms with Gasteiger partial charge in [-0.05, 0) is 28.8 Å². The fraction of sp³-hybridized carbons (Fsp3) is 0.176. The standard InChI is InChI=1S/C17H17NO.ClH/c19-17-8-6-15(7-9-17)16-10-11-18(13-16)12-14-4-2-1-3-5-14;/h1-10,19H,11-13H2;1H. The number of hydrogen-bond donors (Lipinski definition) is 1. The average Bonchev–Trinajstić information content (AvgIpc) is 2.89. The summed E-state index contributed by atoms with van der Waals surface area (Å²) in [4.78, 5) is 2.41. The van der Waals surface area contributed by atoms with E-state index in [0.717, 1.165) is 19.6 Å². The van der Waals surface area contributed by atoms with Gasteiger partial charge in [0.1, 0.15) is 5.75 Å². The molecule has 2 nitrogen and oxygen atoms in total. The number of nitrogens with zero attached hydrogens (tertiary/aromatic N) is 1. The van der Waals surface area contributed by atoms with Crippen LogP contribution in [0.15, 0.2) is 60.7 Å². The first-order chi connectivity index (χ1) is 9.31. The van der Waals surface area contributed by atoms with Crippen LogP contribution in [0, 0.1) is 0 Å². The molecule has 1 heterocycles. The predicted octanol–water partition coefficient (Wildman–Crippen LogP) is 3.71. The zero-order valence-electron chi connectivity index (χ0n) is 11.2. The Labute approximate surface area is 125 Å². The van der Waals surface area contributed by atoms with Crippen molar-refractivity contribution >= 4 is 18.0 Å². The van der Waals surface area contributed by atoms with E-state index in [0.29, 0.717) is 5.75 Å². The Morgan fingerprint density at radius 2 is 1.65 bits per heavy atom. The van der Waals surface area contributed by atoms with E-state index in [-0.39, 0.29) is 12.4 Å². The van der Waals surface area contributed by atoms with E-state index >= 15 is 0 Å². The second-order valence-corrected chi connectivity index (χ2v) is 4.93. The highest BCUT2D eigenvalue weighted by atomic mass is 35.5. The number of phenols is 1. The lowest BCUT2D eigenvalue weighted by molar-refractivity contribution is 0.348. The zero-order valence-corrected chi connectivity index (χ0v) is 12.0. The lowest BCUT2D eigenvalue weighted by atomic mass is 10.1. The van der Waals surface area contributed by atoms with Gasteiger partial charge in [0.25, 0.3) is 0 Å². The zero-order chi connectivity index (χ0) is 13.1. The van der Waals surface area contributed by atoms with Gasteiger partial charge in [0.2, 0.25) is 0 Å². The first kappa shape index (κ1) is 14.6. The fourth-order valence-corrected chi connectivity index (χ4v) is 2.46.